The minimum Gasteiger partial charge on any atom is -0.459 e. The maximum atomic E-state index is 13.7. The molecule has 1 saturated heterocycles. The average Bonchev–Trinajstić information content (AvgIpc) is 3.44. The molecule has 4 aromatic rings. The maximum absolute atomic E-state index is 13.7. The average molecular weight is 460 g/mol. The summed E-state index contributed by atoms with van der Waals surface area (Å²) in [5, 5.41) is 0. The number of nitrogens with zero attached hydrogens (tertiary/aromatic N) is 1. The zero-order valence-corrected chi connectivity index (χ0v) is 19.3. The number of hydrogen-bond donors (Lipinski definition) is 0. The molecule has 172 valence electrons. The van der Waals surface area contributed by atoms with Crippen molar-refractivity contribution in [2.24, 2.45) is 0 Å². The van der Waals surface area contributed by atoms with Crippen molar-refractivity contribution < 1.29 is 14.3 Å². The summed E-state index contributed by atoms with van der Waals surface area (Å²) in [6.07, 6.45) is 0.745. The highest BCUT2D eigenvalue weighted by atomic mass is 16.5. The van der Waals surface area contributed by atoms with E-state index in [-0.39, 0.29) is 18.5 Å². The Hall–Kier alpha value is -4.18. The highest BCUT2D eigenvalue weighted by Crippen LogP contribution is 2.56. The van der Waals surface area contributed by atoms with Crippen molar-refractivity contribution >= 4 is 11.9 Å². The summed E-state index contributed by atoms with van der Waals surface area (Å²) in [7, 11) is 0. The van der Waals surface area contributed by atoms with E-state index in [0.717, 1.165) is 33.4 Å². The first-order chi connectivity index (χ1) is 17.2. The van der Waals surface area contributed by atoms with Gasteiger partial charge in [-0.25, -0.2) is 4.79 Å². The van der Waals surface area contributed by atoms with Gasteiger partial charge < -0.3 is 9.64 Å². The van der Waals surface area contributed by atoms with Gasteiger partial charge in [0, 0.05) is 6.42 Å². The fourth-order valence-electron chi connectivity index (χ4n) is 5.75. The van der Waals surface area contributed by atoms with Crippen molar-refractivity contribution in [2.75, 3.05) is 0 Å². The quantitative estimate of drug-likeness (QED) is 0.360. The van der Waals surface area contributed by atoms with E-state index in [0.29, 0.717) is 12.8 Å². The summed E-state index contributed by atoms with van der Waals surface area (Å²) in [4.78, 5) is 29.0. The molecule has 1 fully saturated rings. The van der Waals surface area contributed by atoms with Crippen LogP contribution in [0.25, 0.3) is 11.1 Å². The number of ether oxygens (including phenoxy) is 1. The third-order valence-corrected chi connectivity index (χ3v) is 7.18. The topological polar surface area (TPSA) is 46.6 Å². The maximum Gasteiger partial charge on any atom is 0.329 e. The third kappa shape index (κ3) is 3.28. The van der Waals surface area contributed by atoms with Crippen LogP contribution in [0, 0.1) is 0 Å². The molecule has 0 aromatic heterocycles. The Labute approximate surface area is 204 Å². The van der Waals surface area contributed by atoms with Crippen molar-refractivity contribution in [3.8, 4) is 11.1 Å². The van der Waals surface area contributed by atoms with E-state index < -0.39 is 11.6 Å². The van der Waals surface area contributed by atoms with E-state index in [1.165, 1.54) is 0 Å². The van der Waals surface area contributed by atoms with Gasteiger partial charge in [-0.15, -0.1) is 0 Å². The SMILES string of the molecule is O=C(OCc1ccccc1)[C@@H]1CCC(=O)N1C1(c2ccccc2)c2ccccc2-c2ccccc21. The minimum absolute atomic E-state index is 0.0398. The van der Waals surface area contributed by atoms with Crippen LogP contribution in [-0.4, -0.2) is 22.8 Å². The first kappa shape index (κ1) is 21.4. The van der Waals surface area contributed by atoms with E-state index in [9.17, 15) is 9.59 Å². The van der Waals surface area contributed by atoms with E-state index in [1.807, 2.05) is 72.8 Å². The summed E-state index contributed by atoms with van der Waals surface area (Å²) in [6, 6.07) is 35.4. The molecule has 1 atom stereocenters. The lowest BCUT2D eigenvalue weighted by Crippen LogP contribution is -2.54. The minimum atomic E-state index is -0.904. The van der Waals surface area contributed by atoms with Crippen LogP contribution >= 0.6 is 0 Å². The summed E-state index contributed by atoms with van der Waals surface area (Å²) >= 11 is 0. The Morgan fingerprint density at radius 1 is 0.771 bits per heavy atom. The predicted molar refractivity (Wildman–Crippen MR) is 134 cm³/mol. The van der Waals surface area contributed by atoms with Crippen LogP contribution in [0.4, 0.5) is 0 Å². The van der Waals surface area contributed by atoms with E-state index in [4.69, 9.17) is 4.74 Å². The second-order valence-electron chi connectivity index (χ2n) is 9.08. The van der Waals surface area contributed by atoms with Crippen molar-refractivity contribution in [1.29, 1.82) is 0 Å². The Bertz CT molecular complexity index is 1350. The molecule has 1 amide bonds. The Kier molecular flexibility index (Phi) is 5.22. The van der Waals surface area contributed by atoms with Crippen LogP contribution in [0.15, 0.2) is 109 Å². The molecular weight excluding hydrogens is 434 g/mol. The number of hydrogen-bond acceptors (Lipinski definition) is 3. The molecule has 1 aliphatic heterocycles. The largest absolute Gasteiger partial charge is 0.459 e. The van der Waals surface area contributed by atoms with Gasteiger partial charge in [-0.1, -0.05) is 109 Å². The Morgan fingerprint density at radius 2 is 1.31 bits per heavy atom. The number of benzene rings is 4. The van der Waals surface area contributed by atoms with Crippen LogP contribution < -0.4 is 0 Å². The predicted octanol–water partition coefficient (Wildman–Crippen LogP) is 5.69. The van der Waals surface area contributed by atoms with Crippen LogP contribution in [0.1, 0.15) is 35.1 Å². The van der Waals surface area contributed by atoms with Crippen LogP contribution in [0.5, 0.6) is 0 Å². The molecule has 2 aliphatic rings. The Morgan fingerprint density at radius 3 is 1.94 bits per heavy atom. The number of carbonyl (C=O) groups excluding carboxylic acids is 2. The molecule has 0 spiro atoms. The second kappa shape index (κ2) is 8.55. The number of carbonyl (C=O) groups is 2. The lowest BCUT2D eigenvalue weighted by molar-refractivity contribution is -0.155. The van der Waals surface area contributed by atoms with E-state index in [1.54, 1.807) is 4.90 Å². The summed E-state index contributed by atoms with van der Waals surface area (Å²) < 4.78 is 5.77. The van der Waals surface area contributed by atoms with E-state index >= 15 is 0 Å². The standard InChI is InChI=1S/C31H25NO3/c33-29-20-19-28(30(34)35-21-22-11-3-1-4-12-22)32(29)31(23-13-5-2-6-14-23)26-17-9-7-15-24(26)25-16-8-10-18-27(25)31/h1-18,28H,19-21H2/t28-/m0/s1. The van der Waals surface area contributed by atoms with Gasteiger partial charge in [0.1, 0.15) is 18.2 Å². The first-order valence-corrected chi connectivity index (χ1v) is 12.0. The van der Waals surface area contributed by atoms with Crippen molar-refractivity contribution in [1.82, 2.24) is 4.90 Å². The van der Waals surface area contributed by atoms with Crippen molar-refractivity contribution in [2.45, 2.75) is 31.0 Å². The first-order valence-electron chi connectivity index (χ1n) is 12.0. The van der Waals surface area contributed by atoms with Gasteiger partial charge in [0.25, 0.3) is 0 Å². The molecule has 1 aliphatic carbocycles. The summed E-state index contributed by atoms with van der Waals surface area (Å²) in [5.74, 6) is -0.404. The number of likely N-dealkylation sites (tertiary alicyclic amines) is 1. The third-order valence-electron chi connectivity index (χ3n) is 7.18. The van der Waals surface area contributed by atoms with Gasteiger partial charge >= 0.3 is 5.97 Å². The van der Waals surface area contributed by atoms with Gasteiger partial charge in [0.2, 0.25) is 5.91 Å². The smallest absolute Gasteiger partial charge is 0.329 e. The normalized spacial score (nSPS) is 17.7. The molecule has 0 radical (unpaired) electrons. The van der Waals surface area contributed by atoms with Crippen molar-refractivity contribution in [3.05, 3.63) is 131 Å². The Balaban J connectivity index is 1.51. The van der Waals surface area contributed by atoms with Gasteiger partial charge in [-0.3, -0.25) is 4.79 Å². The molecule has 0 saturated carbocycles. The fourth-order valence-corrected chi connectivity index (χ4v) is 5.75. The molecular formula is C31H25NO3. The second-order valence-corrected chi connectivity index (χ2v) is 9.08. The molecule has 35 heavy (non-hydrogen) atoms. The number of esters is 1. The highest BCUT2D eigenvalue weighted by molar-refractivity contribution is 5.93. The van der Waals surface area contributed by atoms with Gasteiger partial charge in [0.15, 0.2) is 0 Å². The molecule has 4 nitrogen and oxygen atoms in total. The number of fused-ring (bicyclic) bond motifs is 3. The number of rotatable bonds is 5. The van der Waals surface area contributed by atoms with E-state index in [2.05, 4.69) is 36.4 Å². The zero-order chi connectivity index (χ0) is 23.8. The fraction of sp³-hybridized carbons (Fsp3) is 0.161. The van der Waals surface area contributed by atoms with Gasteiger partial charge in [-0.05, 0) is 39.8 Å². The highest BCUT2D eigenvalue weighted by Gasteiger charge is 2.56. The molecule has 0 N–H and O–H groups in total. The van der Waals surface area contributed by atoms with Crippen LogP contribution in [-0.2, 0) is 26.5 Å². The monoisotopic (exact) mass is 459 g/mol. The summed E-state index contributed by atoms with van der Waals surface area (Å²) in [5.41, 5.74) is 5.19. The molecule has 6 rings (SSSR count). The van der Waals surface area contributed by atoms with Gasteiger partial charge in [0.05, 0.1) is 0 Å². The summed E-state index contributed by atoms with van der Waals surface area (Å²) in [6.45, 7) is 0.184. The molecule has 0 unspecified atom stereocenters. The number of amides is 1. The molecule has 4 heteroatoms. The van der Waals surface area contributed by atoms with Gasteiger partial charge in [-0.2, -0.15) is 0 Å². The molecule has 1 heterocycles. The molecule has 4 aromatic carbocycles. The van der Waals surface area contributed by atoms with Crippen LogP contribution in [0.2, 0.25) is 0 Å². The zero-order valence-electron chi connectivity index (χ0n) is 19.3. The lowest BCUT2D eigenvalue weighted by Gasteiger charge is -2.43. The molecule has 0 bridgehead atoms. The van der Waals surface area contributed by atoms with Crippen LogP contribution in [0.3, 0.4) is 0 Å². The van der Waals surface area contributed by atoms with Crippen molar-refractivity contribution in [3.63, 3.8) is 0 Å². The lowest BCUT2D eigenvalue weighted by atomic mass is 9.78.